The Kier molecular flexibility index (Phi) is 6.30. The molecular formula is C13H21ClN2O. The van der Waals surface area contributed by atoms with Gasteiger partial charge in [0.25, 0.3) is 0 Å². The molecule has 0 aromatic carbocycles. The van der Waals surface area contributed by atoms with Crippen molar-refractivity contribution in [2.75, 3.05) is 13.0 Å². The highest BCUT2D eigenvalue weighted by Gasteiger charge is 2.06. The van der Waals surface area contributed by atoms with Gasteiger partial charge in [-0.15, -0.1) is 11.6 Å². The average Bonchev–Trinajstić information content (AvgIpc) is 2.33. The van der Waals surface area contributed by atoms with Crippen LogP contribution in [0.3, 0.4) is 0 Å². The first-order valence-electron chi connectivity index (χ1n) is 6.00. The van der Waals surface area contributed by atoms with Crippen molar-refractivity contribution in [1.82, 2.24) is 10.3 Å². The zero-order valence-corrected chi connectivity index (χ0v) is 11.5. The minimum absolute atomic E-state index is 0.459. The number of methoxy groups -OCH3 is 1. The third-order valence-electron chi connectivity index (χ3n) is 2.74. The molecule has 1 rings (SSSR count). The van der Waals surface area contributed by atoms with E-state index in [0.29, 0.717) is 11.9 Å². The quantitative estimate of drug-likeness (QED) is 0.762. The predicted molar refractivity (Wildman–Crippen MR) is 71.8 cm³/mol. The van der Waals surface area contributed by atoms with Crippen molar-refractivity contribution in [2.45, 2.75) is 39.3 Å². The molecule has 0 fully saturated rings. The Hall–Kier alpha value is -0.800. The van der Waals surface area contributed by atoms with Gasteiger partial charge in [0.15, 0.2) is 0 Å². The standard InChI is InChI=1S/C13H21ClN2O/c1-4-11(5-6-14)15-9-12-8-13(17-3)7-10(2)16-12/h7-8,11,15H,4-6,9H2,1-3H3. The number of nitrogens with zero attached hydrogens (tertiary/aromatic N) is 1. The Morgan fingerprint density at radius 2 is 2.24 bits per heavy atom. The number of nitrogens with one attached hydrogen (secondary N) is 1. The molecule has 4 heteroatoms. The van der Waals surface area contributed by atoms with E-state index < -0.39 is 0 Å². The number of pyridine rings is 1. The number of hydrogen-bond donors (Lipinski definition) is 1. The van der Waals surface area contributed by atoms with Crippen molar-refractivity contribution in [1.29, 1.82) is 0 Å². The van der Waals surface area contributed by atoms with E-state index in [4.69, 9.17) is 16.3 Å². The molecule has 1 heterocycles. The Balaban J connectivity index is 2.58. The summed E-state index contributed by atoms with van der Waals surface area (Å²) < 4.78 is 5.23. The SMILES string of the molecule is CCC(CCCl)NCc1cc(OC)cc(C)n1. The van der Waals surface area contributed by atoms with Crippen LogP contribution < -0.4 is 10.1 Å². The maximum Gasteiger partial charge on any atom is 0.122 e. The Morgan fingerprint density at radius 1 is 1.47 bits per heavy atom. The van der Waals surface area contributed by atoms with E-state index in [0.717, 1.165) is 36.5 Å². The Morgan fingerprint density at radius 3 is 2.82 bits per heavy atom. The number of alkyl halides is 1. The summed E-state index contributed by atoms with van der Waals surface area (Å²) in [6.07, 6.45) is 2.07. The zero-order chi connectivity index (χ0) is 12.7. The summed E-state index contributed by atoms with van der Waals surface area (Å²) in [6.45, 7) is 4.89. The van der Waals surface area contributed by atoms with Crippen molar-refractivity contribution < 1.29 is 4.74 Å². The van der Waals surface area contributed by atoms with Crippen LogP contribution in [0.5, 0.6) is 5.75 Å². The maximum absolute atomic E-state index is 5.75. The van der Waals surface area contributed by atoms with Crippen LogP contribution >= 0.6 is 11.6 Å². The number of aromatic nitrogens is 1. The van der Waals surface area contributed by atoms with Crippen LogP contribution in [0.15, 0.2) is 12.1 Å². The third kappa shape index (κ3) is 4.92. The molecule has 0 aliphatic carbocycles. The second kappa shape index (κ2) is 7.51. The molecule has 1 unspecified atom stereocenters. The first kappa shape index (κ1) is 14.3. The zero-order valence-electron chi connectivity index (χ0n) is 10.8. The van der Waals surface area contributed by atoms with E-state index in [1.165, 1.54) is 0 Å². The fourth-order valence-electron chi connectivity index (χ4n) is 1.74. The van der Waals surface area contributed by atoms with Crippen molar-refractivity contribution in [3.63, 3.8) is 0 Å². The van der Waals surface area contributed by atoms with E-state index >= 15 is 0 Å². The van der Waals surface area contributed by atoms with Crippen molar-refractivity contribution in [3.8, 4) is 5.75 Å². The molecule has 0 spiro atoms. The molecular weight excluding hydrogens is 236 g/mol. The van der Waals surface area contributed by atoms with E-state index in [-0.39, 0.29) is 0 Å². The largest absolute Gasteiger partial charge is 0.497 e. The number of ether oxygens (including phenoxy) is 1. The lowest BCUT2D eigenvalue weighted by molar-refractivity contribution is 0.411. The van der Waals surface area contributed by atoms with Gasteiger partial charge in [-0.05, 0) is 19.8 Å². The number of hydrogen-bond acceptors (Lipinski definition) is 3. The van der Waals surface area contributed by atoms with Crippen molar-refractivity contribution in [3.05, 3.63) is 23.5 Å². The van der Waals surface area contributed by atoms with Gasteiger partial charge >= 0.3 is 0 Å². The van der Waals surface area contributed by atoms with Gasteiger partial charge in [0.2, 0.25) is 0 Å². The van der Waals surface area contributed by atoms with E-state index in [1.54, 1.807) is 7.11 Å². The minimum Gasteiger partial charge on any atom is -0.497 e. The lowest BCUT2D eigenvalue weighted by atomic mass is 10.1. The van der Waals surface area contributed by atoms with Crippen LogP contribution in [0, 0.1) is 6.92 Å². The van der Waals surface area contributed by atoms with Crippen LogP contribution in [-0.2, 0) is 6.54 Å². The first-order valence-corrected chi connectivity index (χ1v) is 6.54. The second-order valence-corrected chi connectivity index (χ2v) is 4.48. The van der Waals surface area contributed by atoms with Crippen molar-refractivity contribution in [2.24, 2.45) is 0 Å². The highest BCUT2D eigenvalue weighted by Crippen LogP contribution is 2.13. The minimum atomic E-state index is 0.459. The van der Waals surface area contributed by atoms with E-state index in [2.05, 4.69) is 17.2 Å². The number of halogens is 1. The average molecular weight is 257 g/mol. The second-order valence-electron chi connectivity index (χ2n) is 4.10. The van der Waals surface area contributed by atoms with Gasteiger partial charge in [0.1, 0.15) is 5.75 Å². The first-order chi connectivity index (χ1) is 8.19. The molecule has 1 N–H and O–H groups in total. The topological polar surface area (TPSA) is 34.1 Å². The fourth-order valence-corrected chi connectivity index (χ4v) is 2.01. The van der Waals surface area contributed by atoms with Gasteiger partial charge in [0, 0.05) is 36.3 Å². The van der Waals surface area contributed by atoms with Crippen LogP contribution in [0.4, 0.5) is 0 Å². The highest BCUT2D eigenvalue weighted by atomic mass is 35.5. The molecule has 1 aromatic heterocycles. The lowest BCUT2D eigenvalue weighted by Gasteiger charge is -2.15. The molecule has 0 amide bonds. The van der Waals surface area contributed by atoms with Gasteiger partial charge < -0.3 is 10.1 Å². The van der Waals surface area contributed by atoms with Gasteiger partial charge in [-0.2, -0.15) is 0 Å². The maximum atomic E-state index is 5.75. The molecule has 0 aliphatic heterocycles. The molecule has 0 radical (unpaired) electrons. The van der Waals surface area contributed by atoms with Crippen LogP contribution in [0.25, 0.3) is 0 Å². The summed E-state index contributed by atoms with van der Waals surface area (Å²) in [7, 11) is 1.67. The molecule has 0 aliphatic rings. The summed E-state index contributed by atoms with van der Waals surface area (Å²) in [4.78, 5) is 4.47. The monoisotopic (exact) mass is 256 g/mol. The fraction of sp³-hybridized carbons (Fsp3) is 0.615. The summed E-state index contributed by atoms with van der Waals surface area (Å²) in [5.41, 5.74) is 1.99. The summed E-state index contributed by atoms with van der Waals surface area (Å²) in [5, 5.41) is 3.46. The summed E-state index contributed by atoms with van der Waals surface area (Å²) in [5.74, 6) is 1.55. The van der Waals surface area contributed by atoms with Crippen LogP contribution in [0.2, 0.25) is 0 Å². The molecule has 0 bridgehead atoms. The molecule has 0 saturated heterocycles. The number of rotatable bonds is 7. The Labute approximate surface area is 109 Å². The third-order valence-corrected chi connectivity index (χ3v) is 2.96. The van der Waals surface area contributed by atoms with Gasteiger partial charge in [-0.25, -0.2) is 0 Å². The van der Waals surface area contributed by atoms with Crippen LogP contribution in [0.1, 0.15) is 31.2 Å². The van der Waals surface area contributed by atoms with Crippen LogP contribution in [-0.4, -0.2) is 24.0 Å². The smallest absolute Gasteiger partial charge is 0.122 e. The highest BCUT2D eigenvalue weighted by molar-refractivity contribution is 6.17. The molecule has 96 valence electrons. The molecule has 1 aromatic rings. The molecule has 0 saturated carbocycles. The Bertz CT molecular complexity index is 344. The molecule has 3 nitrogen and oxygen atoms in total. The van der Waals surface area contributed by atoms with Crippen molar-refractivity contribution >= 4 is 11.6 Å². The van der Waals surface area contributed by atoms with Gasteiger partial charge in [-0.3, -0.25) is 4.98 Å². The lowest BCUT2D eigenvalue weighted by Crippen LogP contribution is -2.28. The van der Waals surface area contributed by atoms with E-state index in [1.807, 2.05) is 19.1 Å². The normalized spacial score (nSPS) is 12.5. The van der Waals surface area contributed by atoms with E-state index in [9.17, 15) is 0 Å². The number of aryl methyl sites for hydroxylation is 1. The van der Waals surface area contributed by atoms with Gasteiger partial charge in [-0.1, -0.05) is 6.92 Å². The molecule has 17 heavy (non-hydrogen) atoms. The summed E-state index contributed by atoms with van der Waals surface area (Å²) >= 11 is 5.75. The van der Waals surface area contributed by atoms with Gasteiger partial charge in [0.05, 0.1) is 12.8 Å². The predicted octanol–water partition coefficient (Wildman–Crippen LogP) is 2.90. The summed E-state index contributed by atoms with van der Waals surface area (Å²) in [6, 6.07) is 4.35. The molecule has 1 atom stereocenters.